The number of nitrogens with zero attached hydrogens (tertiary/aromatic N) is 1. The zero-order chi connectivity index (χ0) is 13.0. The highest BCUT2D eigenvalue weighted by molar-refractivity contribution is 5.92. The molecule has 0 atom stereocenters. The maximum atomic E-state index is 12.6. The first-order valence-corrected chi connectivity index (χ1v) is 5.30. The number of rotatable bonds is 3. The second-order valence-corrected chi connectivity index (χ2v) is 3.66. The molecule has 0 radical (unpaired) electrons. The Kier molecular flexibility index (Phi) is 3.52. The number of hydrogen-bond donors (Lipinski definition) is 1. The molecule has 2 aromatic rings. The number of hydrazone groups is 1. The first kappa shape index (κ1) is 12.0. The van der Waals surface area contributed by atoms with Crippen LogP contribution in [0, 0.1) is 12.7 Å². The quantitative estimate of drug-likeness (QED) is 0.668. The standard InChI is InChI=1S/C13H11FN2O2/c1-9-2-7-12(18-9)13(17)16-15-8-10-3-5-11(14)6-4-10/h2-8H,1H3,(H,16,17)/b15-8+. The van der Waals surface area contributed by atoms with E-state index in [0.29, 0.717) is 11.3 Å². The zero-order valence-electron chi connectivity index (χ0n) is 9.68. The van der Waals surface area contributed by atoms with Crippen LogP contribution in [0.15, 0.2) is 45.9 Å². The number of carbonyl (C=O) groups excluding carboxylic acids is 1. The number of hydrogen-bond acceptors (Lipinski definition) is 3. The molecule has 18 heavy (non-hydrogen) atoms. The van der Waals surface area contributed by atoms with E-state index in [4.69, 9.17) is 4.42 Å². The lowest BCUT2D eigenvalue weighted by Gasteiger charge is -1.95. The van der Waals surface area contributed by atoms with Crippen LogP contribution in [-0.4, -0.2) is 12.1 Å². The molecule has 0 fully saturated rings. The van der Waals surface area contributed by atoms with Crippen molar-refractivity contribution in [3.05, 3.63) is 59.3 Å². The maximum Gasteiger partial charge on any atom is 0.307 e. The fraction of sp³-hybridized carbons (Fsp3) is 0.0769. The van der Waals surface area contributed by atoms with E-state index in [9.17, 15) is 9.18 Å². The number of nitrogens with one attached hydrogen (secondary N) is 1. The lowest BCUT2D eigenvalue weighted by molar-refractivity contribution is 0.0926. The van der Waals surface area contributed by atoms with E-state index >= 15 is 0 Å². The van der Waals surface area contributed by atoms with E-state index < -0.39 is 5.91 Å². The molecule has 1 amide bonds. The highest BCUT2D eigenvalue weighted by Gasteiger charge is 2.07. The smallest absolute Gasteiger partial charge is 0.307 e. The monoisotopic (exact) mass is 246 g/mol. The average Bonchev–Trinajstić information content (AvgIpc) is 2.78. The molecule has 5 heteroatoms. The molecule has 0 saturated heterocycles. The Morgan fingerprint density at radius 2 is 2.00 bits per heavy atom. The molecule has 0 bridgehead atoms. The van der Waals surface area contributed by atoms with Gasteiger partial charge < -0.3 is 4.42 Å². The second kappa shape index (κ2) is 5.27. The number of benzene rings is 1. The molecular formula is C13H11FN2O2. The first-order chi connectivity index (χ1) is 8.65. The molecule has 0 aliphatic heterocycles. The predicted octanol–water partition coefficient (Wildman–Crippen LogP) is 2.49. The van der Waals surface area contributed by atoms with Gasteiger partial charge in [-0.3, -0.25) is 4.79 Å². The molecule has 1 aromatic carbocycles. The highest BCUT2D eigenvalue weighted by atomic mass is 19.1. The zero-order valence-corrected chi connectivity index (χ0v) is 9.68. The minimum atomic E-state index is -0.429. The van der Waals surface area contributed by atoms with Crippen molar-refractivity contribution in [2.24, 2.45) is 5.10 Å². The Morgan fingerprint density at radius 1 is 1.28 bits per heavy atom. The molecule has 0 aliphatic rings. The minimum Gasteiger partial charge on any atom is -0.456 e. The van der Waals surface area contributed by atoms with Crippen molar-refractivity contribution in [1.29, 1.82) is 0 Å². The van der Waals surface area contributed by atoms with Gasteiger partial charge in [-0.2, -0.15) is 5.10 Å². The van der Waals surface area contributed by atoms with Gasteiger partial charge in [0.15, 0.2) is 5.76 Å². The fourth-order valence-corrected chi connectivity index (χ4v) is 1.33. The molecule has 0 spiro atoms. The third-order valence-corrected chi connectivity index (χ3v) is 2.21. The molecule has 1 aromatic heterocycles. The summed E-state index contributed by atoms with van der Waals surface area (Å²) in [5, 5.41) is 3.75. The molecule has 1 N–H and O–H groups in total. The van der Waals surface area contributed by atoms with Gasteiger partial charge in [-0.25, -0.2) is 9.82 Å². The van der Waals surface area contributed by atoms with Crippen LogP contribution in [0.25, 0.3) is 0 Å². The summed E-state index contributed by atoms with van der Waals surface area (Å²) in [4.78, 5) is 11.5. The summed E-state index contributed by atoms with van der Waals surface area (Å²) in [5.74, 6) is 0.107. The maximum absolute atomic E-state index is 12.6. The van der Waals surface area contributed by atoms with Crippen molar-refractivity contribution in [2.45, 2.75) is 6.92 Å². The summed E-state index contributed by atoms with van der Waals surface area (Å²) in [6.45, 7) is 1.75. The van der Waals surface area contributed by atoms with E-state index in [0.717, 1.165) is 0 Å². The molecule has 4 nitrogen and oxygen atoms in total. The molecule has 92 valence electrons. The minimum absolute atomic E-state index is 0.198. The summed E-state index contributed by atoms with van der Waals surface area (Å²) in [6, 6.07) is 9.01. The van der Waals surface area contributed by atoms with Crippen LogP contribution >= 0.6 is 0 Å². The number of halogens is 1. The van der Waals surface area contributed by atoms with Gasteiger partial charge in [0.2, 0.25) is 0 Å². The summed E-state index contributed by atoms with van der Waals surface area (Å²) >= 11 is 0. The number of aryl methyl sites for hydroxylation is 1. The van der Waals surface area contributed by atoms with Crippen molar-refractivity contribution in [3.8, 4) is 0 Å². The molecular weight excluding hydrogens is 235 g/mol. The van der Waals surface area contributed by atoms with E-state index in [1.54, 1.807) is 31.2 Å². The van der Waals surface area contributed by atoms with Crippen LogP contribution in [-0.2, 0) is 0 Å². The number of furan rings is 1. The van der Waals surface area contributed by atoms with Gasteiger partial charge in [0.25, 0.3) is 0 Å². The summed E-state index contributed by atoms with van der Waals surface area (Å²) in [5.41, 5.74) is 3.01. The van der Waals surface area contributed by atoms with Gasteiger partial charge in [0.05, 0.1) is 6.21 Å². The van der Waals surface area contributed by atoms with E-state index in [2.05, 4.69) is 10.5 Å². The van der Waals surface area contributed by atoms with Gasteiger partial charge in [-0.1, -0.05) is 12.1 Å². The Balaban J connectivity index is 1.95. The van der Waals surface area contributed by atoms with E-state index in [1.165, 1.54) is 18.3 Å². The third-order valence-electron chi connectivity index (χ3n) is 2.21. The molecule has 1 heterocycles. The highest BCUT2D eigenvalue weighted by Crippen LogP contribution is 2.05. The van der Waals surface area contributed by atoms with Crippen molar-refractivity contribution in [2.75, 3.05) is 0 Å². The van der Waals surface area contributed by atoms with Crippen molar-refractivity contribution >= 4 is 12.1 Å². The topological polar surface area (TPSA) is 54.6 Å². The normalized spacial score (nSPS) is 10.8. The molecule has 0 unspecified atom stereocenters. The van der Waals surface area contributed by atoms with Gasteiger partial charge in [0, 0.05) is 0 Å². The van der Waals surface area contributed by atoms with Crippen LogP contribution in [0.5, 0.6) is 0 Å². The summed E-state index contributed by atoms with van der Waals surface area (Å²) < 4.78 is 17.8. The van der Waals surface area contributed by atoms with Gasteiger partial charge in [-0.05, 0) is 36.8 Å². The molecule has 0 saturated carbocycles. The largest absolute Gasteiger partial charge is 0.456 e. The first-order valence-electron chi connectivity index (χ1n) is 5.30. The lowest BCUT2D eigenvalue weighted by Crippen LogP contribution is -2.16. The molecule has 2 rings (SSSR count). The van der Waals surface area contributed by atoms with Gasteiger partial charge in [-0.15, -0.1) is 0 Å². The van der Waals surface area contributed by atoms with Gasteiger partial charge >= 0.3 is 5.91 Å². The third kappa shape index (κ3) is 3.04. The molecule has 0 aliphatic carbocycles. The van der Waals surface area contributed by atoms with Crippen molar-refractivity contribution < 1.29 is 13.6 Å². The van der Waals surface area contributed by atoms with Crippen LogP contribution < -0.4 is 5.43 Å². The summed E-state index contributed by atoms with van der Waals surface area (Å²) in [7, 11) is 0. The van der Waals surface area contributed by atoms with Gasteiger partial charge in [0.1, 0.15) is 11.6 Å². The van der Waals surface area contributed by atoms with E-state index in [-0.39, 0.29) is 11.6 Å². The Bertz CT molecular complexity index is 573. The number of amides is 1. The Hall–Kier alpha value is -2.43. The van der Waals surface area contributed by atoms with Crippen LogP contribution in [0.1, 0.15) is 21.9 Å². The fourth-order valence-electron chi connectivity index (χ4n) is 1.33. The average molecular weight is 246 g/mol. The Morgan fingerprint density at radius 3 is 2.61 bits per heavy atom. The van der Waals surface area contributed by atoms with Crippen molar-refractivity contribution in [1.82, 2.24) is 5.43 Å². The number of carbonyl (C=O) groups is 1. The predicted molar refractivity (Wildman–Crippen MR) is 64.9 cm³/mol. The van der Waals surface area contributed by atoms with Crippen LogP contribution in [0.4, 0.5) is 4.39 Å². The summed E-state index contributed by atoms with van der Waals surface area (Å²) in [6.07, 6.45) is 1.42. The van der Waals surface area contributed by atoms with E-state index in [1.807, 2.05) is 0 Å². The van der Waals surface area contributed by atoms with Crippen molar-refractivity contribution in [3.63, 3.8) is 0 Å². The van der Waals surface area contributed by atoms with Crippen LogP contribution in [0.3, 0.4) is 0 Å². The van der Waals surface area contributed by atoms with Crippen LogP contribution in [0.2, 0.25) is 0 Å². The SMILES string of the molecule is Cc1ccc(C(=O)N/N=C/c2ccc(F)cc2)o1. The Labute approximate surface area is 103 Å². The lowest BCUT2D eigenvalue weighted by atomic mass is 10.2. The second-order valence-electron chi connectivity index (χ2n) is 3.66.